The number of fused-ring (bicyclic) bond motifs is 2. The lowest BCUT2D eigenvalue weighted by Gasteiger charge is -2.08. The zero-order valence-corrected chi connectivity index (χ0v) is 15.0. The number of rotatable bonds is 4. The molecule has 0 aliphatic rings. The summed E-state index contributed by atoms with van der Waals surface area (Å²) >= 11 is 0. The van der Waals surface area contributed by atoms with E-state index < -0.39 is 17.8 Å². The molecule has 29 heavy (non-hydrogen) atoms. The highest BCUT2D eigenvalue weighted by molar-refractivity contribution is 6.13. The van der Waals surface area contributed by atoms with E-state index in [1.807, 2.05) is 48.5 Å². The van der Waals surface area contributed by atoms with Gasteiger partial charge in [-0.3, -0.25) is 9.48 Å². The number of carbonyl (C=O) groups excluding carboxylic acids is 1. The normalized spacial score (nSPS) is 12.1. The molecule has 1 aromatic heterocycles. The molecule has 4 aromatic rings. The number of halogens is 3. The van der Waals surface area contributed by atoms with E-state index in [2.05, 4.69) is 21.7 Å². The molecule has 8 heteroatoms. The van der Waals surface area contributed by atoms with E-state index >= 15 is 0 Å². The van der Waals surface area contributed by atoms with Gasteiger partial charge in [-0.25, -0.2) is 5.43 Å². The van der Waals surface area contributed by atoms with Crippen LogP contribution >= 0.6 is 0 Å². The summed E-state index contributed by atoms with van der Waals surface area (Å²) in [5, 5.41) is 11.4. The van der Waals surface area contributed by atoms with Crippen LogP contribution in [0, 0.1) is 0 Å². The third-order valence-electron chi connectivity index (χ3n) is 4.43. The van der Waals surface area contributed by atoms with E-state index in [0.29, 0.717) is 0 Å². The van der Waals surface area contributed by atoms with Gasteiger partial charge in [0.15, 0.2) is 5.69 Å². The highest BCUT2D eigenvalue weighted by Crippen LogP contribution is 2.28. The Balaban J connectivity index is 1.55. The molecule has 0 atom stereocenters. The van der Waals surface area contributed by atoms with E-state index in [4.69, 9.17) is 0 Å². The fourth-order valence-electron chi connectivity index (χ4n) is 3.14. The van der Waals surface area contributed by atoms with Crippen LogP contribution in [0.1, 0.15) is 11.3 Å². The Morgan fingerprint density at radius 2 is 1.66 bits per heavy atom. The predicted molar refractivity (Wildman–Crippen MR) is 104 cm³/mol. The van der Waals surface area contributed by atoms with Gasteiger partial charge in [-0.15, -0.1) is 0 Å². The summed E-state index contributed by atoms with van der Waals surface area (Å²) in [4.78, 5) is 12.0. The molecule has 146 valence electrons. The lowest BCUT2D eigenvalue weighted by Crippen LogP contribution is -2.23. The molecule has 1 amide bonds. The van der Waals surface area contributed by atoms with Crippen LogP contribution in [0.3, 0.4) is 0 Å². The van der Waals surface area contributed by atoms with Crippen molar-refractivity contribution >= 4 is 33.7 Å². The average Bonchev–Trinajstić information content (AvgIpc) is 3.16. The number of nitrogens with one attached hydrogen (secondary N) is 1. The number of aromatic nitrogens is 2. The number of hydrazone groups is 1. The fraction of sp³-hybridized carbons (Fsp3) is 0.0952. The predicted octanol–water partition coefficient (Wildman–Crippen LogP) is 4.36. The number of nitrogens with zero attached hydrogens (tertiary/aromatic N) is 3. The number of benzene rings is 3. The number of alkyl halides is 3. The summed E-state index contributed by atoms with van der Waals surface area (Å²) in [6, 6.07) is 18.5. The fourth-order valence-corrected chi connectivity index (χ4v) is 3.14. The van der Waals surface area contributed by atoms with Gasteiger partial charge in [-0.2, -0.15) is 23.4 Å². The molecule has 0 bridgehead atoms. The maximum absolute atomic E-state index is 12.6. The Kier molecular flexibility index (Phi) is 4.75. The van der Waals surface area contributed by atoms with E-state index in [-0.39, 0.29) is 6.54 Å². The SMILES string of the molecule is O=C(Cn1ccc(C(F)(F)F)n1)N/N=C/c1c2ccccc2cc2ccccc12. The van der Waals surface area contributed by atoms with Crippen LogP contribution in [0.25, 0.3) is 21.5 Å². The molecule has 0 unspecified atom stereocenters. The first-order valence-electron chi connectivity index (χ1n) is 8.75. The van der Waals surface area contributed by atoms with E-state index in [0.717, 1.165) is 44.1 Å². The largest absolute Gasteiger partial charge is 0.435 e. The second-order valence-electron chi connectivity index (χ2n) is 6.42. The van der Waals surface area contributed by atoms with Crippen molar-refractivity contribution in [3.63, 3.8) is 0 Å². The lowest BCUT2D eigenvalue weighted by molar-refractivity contribution is -0.141. The zero-order valence-electron chi connectivity index (χ0n) is 15.0. The summed E-state index contributed by atoms with van der Waals surface area (Å²) in [7, 11) is 0. The van der Waals surface area contributed by atoms with E-state index in [1.54, 1.807) is 6.21 Å². The molecule has 0 radical (unpaired) electrons. The molecule has 0 aliphatic heterocycles. The monoisotopic (exact) mass is 396 g/mol. The van der Waals surface area contributed by atoms with Crippen LogP contribution in [-0.2, 0) is 17.5 Å². The van der Waals surface area contributed by atoms with Gasteiger partial charge in [0, 0.05) is 11.8 Å². The first-order chi connectivity index (χ1) is 13.9. The van der Waals surface area contributed by atoms with Crippen LogP contribution < -0.4 is 5.43 Å². The zero-order chi connectivity index (χ0) is 20.4. The number of hydrogen-bond donors (Lipinski definition) is 1. The van der Waals surface area contributed by atoms with Crippen LogP contribution in [0.2, 0.25) is 0 Å². The number of hydrogen-bond acceptors (Lipinski definition) is 3. The van der Waals surface area contributed by atoms with E-state index in [1.165, 1.54) is 0 Å². The van der Waals surface area contributed by atoms with Gasteiger partial charge in [-0.05, 0) is 33.7 Å². The van der Waals surface area contributed by atoms with Crippen LogP contribution in [-0.4, -0.2) is 21.9 Å². The van der Waals surface area contributed by atoms with Crippen LogP contribution in [0.4, 0.5) is 13.2 Å². The third kappa shape index (κ3) is 3.96. The van der Waals surface area contributed by atoms with Gasteiger partial charge in [0.05, 0.1) is 6.21 Å². The minimum atomic E-state index is -4.55. The topological polar surface area (TPSA) is 59.3 Å². The van der Waals surface area contributed by atoms with Gasteiger partial charge < -0.3 is 0 Å². The Labute approximate surface area is 163 Å². The van der Waals surface area contributed by atoms with Gasteiger partial charge in [0.25, 0.3) is 5.91 Å². The Morgan fingerprint density at radius 1 is 1.03 bits per heavy atom. The summed E-state index contributed by atoms with van der Waals surface area (Å²) in [6.07, 6.45) is -1.90. The van der Waals surface area contributed by atoms with Gasteiger partial charge in [-0.1, -0.05) is 48.5 Å². The first-order valence-corrected chi connectivity index (χ1v) is 8.75. The molecule has 0 aliphatic carbocycles. The number of carbonyl (C=O) groups is 1. The molecular formula is C21H15F3N4O. The second kappa shape index (κ2) is 7.38. The maximum atomic E-state index is 12.6. The molecule has 3 aromatic carbocycles. The van der Waals surface area contributed by atoms with Crippen LogP contribution in [0.5, 0.6) is 0 Å². The highest BCUT2D eigenvalue weighted by atomic mass is 19.4. The van der Waals surface area contributed by atoms with Gasteiger partial charge >= 0.3 is 6.18 Å². The Hall–Kier alpha value is -3.68. The number of amides is 1. The molecule has 0 saturated carbocycles. The summed E-state index contributed by atoms with van der Waals surface area (Å²) in [5.41, 5.74) is 2.14. The summed E-state index contributed by atoms with van der Waals surface area (Å²) in [6.45, 7) is -0.371. The average molecular weight is 396 g/mol. The summed E-state index contributed by atoms with van der Waals surface area (Å²) in [5.74, 6) is -0.581. The first kappa shape index (κ1) is 18.7. The van der Waals surface area contributed by atoms with Crippen molar-refractivity contribution in [3.05, 3.63) is 78.1 Å². The molecular weight excluding hydrogens is 381 g/mol. The minimum absolute atomic E-state index is 0.371. The molecule has 0 spiro atoms. The maximum Gasteiger partial charge on any atom is 0.435 e. The van der Waals surface area contributed by atoms with Crippen molar-refractivity contribution in [1.82, 2.24) is 15.2 Å². The quantitative estimate of drug-likeness (QED) is 0.317. The molecule has 4 rings (SSSR count). The molecule has 0 saturated heterocycles. The van der Waals surface area contributed by atoms with E-state index in [9.17, 15) is 18.0 Å². The van der Waals surface area contributed by atoms with Gasteiger partial charge in [0.2, 0.25) is 0 Å². The smallest absolute Gasteiger partial charge is 0.271 e. The van der Waals surface area contributed by atoms with Crippen molar-refractivity contribution in [2.45, 2.75) is 12.7 Å². The standard InChI is InChI=1S/C21H15F3N4O/c22-21(23,24)19-9-10-28(27-19)13-20(29)26-25-12-18-16-7-3-1-5-14(16)11-15-6-2-4-8-17(15)18/h1-12H,13H2,(H,26,29)/b25-12+. The molecule has 5 nitrogen and oxygen atoms in total. The molecule has 1 N–H and O–H groups in total. The van der Waals surface area contributed by atoms with Gasteiger partial charge in [0.1, 0.15) is 6.54 Å². The third-order valence-corrected chi connectivity index (χ3v) is 4.43. The van der Waals surface area contributed by atoms with Crippen molar-refractivity contribution in [1.29, 1.82) is 0 Å². The second-order valence-corrected chi connectivity index (χ2v) is 6.42. The van der Waals surface area contributed by atoms with Crippen molar-refractivity contribution in [2.75, 3.05) is 0 Å². The van der Waals surface area contributed by atoms with Crippen molar-refractivity contribution in [3.8, 4) is 0 Å². The summed E-state index contributed by atoms with van der Waals surface area (Å²) < 4.78 is 38.7. The molecule has 1 heterocycles. The Bertz CT molecular complexity index is 1170. The lowest BCUT2D eigenvalue weighted by atomic mass is 9.97. The van der Waals surface area contributed by atoms with Crippen molar-refractivity contribution < 1.29 is 18.0 Å². The Morgan fingerprint density at radius 3 is 2.24 bits per heavy atom. The highest BCUT2D eigenvalue weighted by Gasteiger charge is 2.33. The van der Waals surface area contributed by atoms with Crippen LogP contribution in [0.15, 0.2) is 72.0 Å². The van der Waals surface area contributed by atoms with Crippen molar-refractivity contribution in [2.24, 2.45) is 5.10 Å². The minimum Gasteiger partial charge on any atom is -0.271 e. The molecule has 0 fully saturated rings.